The summed E-state index contributed by atoms with van der Waals surface area (Å²) in [7, 11) is 0. The molecular formula is C14H17N3OS2. The minimum atomic E-state index is 0.235. The van der Waals surface area contributed by atoms with Crippen LogP contribution in [0.2, 0.25) is 0 Å². The highest BCUT2D eigenvalue weighted by molar-refractivity contribution is 7.13. The van der Waals surface area contributed by atoms with Gasteiger partial charge in [0.1, 0.15) is 0 Å². The number of amides is 1. The average molecular weight is 307 g/mol. The molecule has 2 aromatic heterocycles. The lowest BCUT2D eigenvalue weighted by Gasteiger charge is -2.34. The van der Waals surface area contributed by atoms with Crippen molar-refractivity contribution in [2.24, 2.45) is 0 Å². The van der Waals surface area contributed by atoms with Crippen molar-refractivity contribution in [1.29, 1.82) is 0 Å². The van der Waals surface area contributed by atoms with Crippen molar-refractivity contribution in [1.82, 2.24) is 9.88 Å². The van der Waals surface area contributed by atoms with Crippen LogP contribution in [0.1, 0.15) is 11.3 Å². The predicted molar refractivity (Wildman–Crippen MR) is 83.7 cm³/mol. The molecule has 3 rings (SSSR count). The Morgan fingerprint density at radius 1 is 1.30 bits per heavy atom. The average Bonchev–Trinajstić information content (AvgIpc) is 3.10. The number of anilines is 1. The van der Waals surface area contributed by atoms with Crippen molar-refractivity contribution in [2.75, 3.05) is 31.1 Å². The standard InChI is InChI=1S/C14H17N3OS2/c1-11-9-20-14(15-11)17-5-3-16(4-6-17)13(18)8-12-2-7-19-10-12/h2,7,9-10H,3-6,8H2,1H3. The molecule has 0 unspecified atom stereocenters. The molecule has 2 aromatic rings. The summed E-state index contributed by atoms with van der Waals surface area (Å²) in [5.41, 5.74) is 2.19. The number of carbonyl (C=O) groups is 1. The Morgan fingerprint density at radius 3 is 2.70 bits per heavy atom. The quantitative estimate of drug-likeness (QED) is 0.874. The Labute approximate surface area is 126 Å². The number of carbonyl (C=O) groups excluding carboxylic acids is 1. The number of thiophene rings is 1. The van der Waals surface area contributed by atoms with Gasteiger partial charge in [-0.15, -0.1) is 11.3 Å². The van der Waals surface area contributed by atoms with E-state index in [0.717, 1.165) is 42.6 Å². The van der Waals surface area contributed by atoms with Crippen LogP contribution in [0.3, 0.4) is 0 Å². The Bertz CT molecular complexity index is 571. The van der Waals surface area contributed by atoms with Crippen LogP contribution in [0.15, 0.2) is 22.2 Å². The highest BCUT2D eigenvalue weighted by Gasteiger charge is 2.22. The van der Waals surface area contributed by atoms with Gasteiger partial charge < -0.3 is 9.80 Å². The van der Waals surface area contributed by atoms with Crippen LogP contribution < -0.4 is 4.90 Å². The maximum Gasteiger partial charge on any atom is 0.227 e. The number of aromatic nitrogens is 1. The molecule has 0 saturated carbocycles. The highest BCUT2D eigenvalue weighted by atomic mass is 32.1. The second kappa shape index (κ2) is 5.93. The van der Waals surface area contributed by atoms with E-state index in [1.807, 2.05) is 28.7 Å². The summed E-state index contributed by atoms with van der Waals surface area (Å²) < 4.78 is 0. The van der Waals surface area contributed by atoms with Crippen molar-refractivity contribution in [3.05, 3.63) is 33.5 Å². The molecule has 106 valence electrons. The molecule has 0 spiro atoms. The highest BCUT2D eigenvalue weighted by Crippen LogP contribution is 2.21. The number of aryl methyl sites for hydroxylation is 1. The zero-order valence-corrected chi connectivity index (χ0v) is 13.0. The fourth-order valence-corrected chi connectivity index (χ4v) is 3.84. The van der Waals surface area contributed by atoms with Crippen molar-refractivity contribution >= 4 is 33.7 Å². The van der Waals surface area contributed by atoms with Gasteiger partial charge in [-0.05, 0) is 29.3 Å². The second-order valence-electron chi connectivity index (χ2n) is 4.95. The molecular weight excluding hydrogens is 290 g/mol. The molecule has 1 fully saturated rings. The number of hydrogen-bond acceptors (Lipinski definition) is 5. The SMILES string of the molecule is Cc1csc(N2CCN(C(=O)Cc3ccsc3)CC2)n1. The van der Waals surface area contributed by atoms with Crippen LogP contribution in [0.25, 0.3) is 0 Å². The first kappa shape index (κ1) is 13.6. The summed E-state index contributed by atoms with van der Waals surface area (Å²) in [5, 5.41) is 7.22. The molecule has 1 amide bonds. The first-order valence-corrected chi connectivity index (χ1v) is 8.50. The molecule has 1 aliphatic heterocycles. The monoisotopic (exact) mass is 307 g/mol. The van der Waals surface area contributed by atoms with Gasteiger partial charge in [0.25, 0.3) is 0 Å². The van der Waals surface area contributed by atoms with Crippen molar-refractivity contribution in [3.8, 4) is 0 Å². The van der Waals surface area contributed by atoms with E-state index >= 15 is 0 Å². The van der Waals surface area contributed by atoms with Gasteiger partial charge in [0.2, 0.25) is 5.91 Å². The molecule has 3 heterocycles. The minimum Gasteiger partial charge on any atom is -0.345 e. The third-order valence-electron chi connectivity index (χ3n) is 3.45. The Balaban J connectivity index is 1.54. The molecule has 4 nitrogen and oxygen atoms in total. The summed E-state index contributed by atoms with van der Waals surface area (Å²) in [5.74, 6) is 0.235. The topological polar surface area (TPSA) is 36.4 Å². The van der Waals surface area contributed by atoms with Crippen molar-refractivity contribution in [3.63, 3.8) is 0 Å². The molecule has 1 aliphatic rings. The van der Waals surface area contributed by atoms with Gasteiger partial charge in [-0.2, -0.15) is 11.3 Å². The molecule has 1 saturated heterocycles. The normalized spacial score (nSPS) is 15.7. The van der Waals surface area contributed by atoms with Crippen LogP contribution in [0, 0.1) is 6.92 Å². The lowest BCUT2D eigenvalue weighted by molar-refractivity contribution is -0.130. The van der Waals surface area contributed by atoms with E-state index in [4.69, 9.17) is 0 Å². The minimum absolute atomic E-state index is 0.235. The summed E-state index contributed by atoms with van der Waals surface area (Å²) in [6.45, 7) is 5.36. The number of nitrogens with zero attached hydrogens (tertiary/aromatic N) is 3. The van der Waals surface area contributed by atoms with Gasteiger partial charge >= 0.3 is 0 Å². The Morgan fingerprint density at radius 2 is 2.10 bits per heavy atom. The summed E-state index contributed by atoms with van der Waals surface area (Å²) in [4.78, 5) is 21.0. The van der Waals surface area contributed by atoms with Crippen LogP contribution in [0.4, 0.5) is 5.13 Å². The number of hydrogen-bond donors (Lipinski definition) is 0. The lowest BCUT2D eigenvalue weighted by atomic mass is 10.2. The van der Waals surface area contributed by atoms with Crippen LogP contribution in [0.5, 0.6) is 0 Å². The maximum atomic E-state index is 12.2. The molecule has 0 aliphatic carbocycles. The van der Waals surface area contributed by atoms with Crippen LogP contribution in [-0.4, -0.2) is 42.0 Å². The summed E-state index contributed by atoms with van der Waals surface area (Å²) >= 11 is 3.32. The molecule has 20 heavy (non-hydrogen) atoms. The Hall–Kier alpha value is -1.40. The zero-order valence-electron chi connectivity index (χ0n) is 11.4. The molecule has 0 atom stereocenters. The maximum absolute atomic E-state index is 12.2. The van der Waals surface area contributed by atoms with E-state index < -0.39 is 0 Å². The smallest absolute Gasteiger partial charge is 0.227 e. The Kier molecular flexibility index (Phi) is 4.03. The predicted octanol–water partition coefficient (Wildman–Crippen LogP) is 2.40. The van der Waals surface area contributed by atoms with E-state index in [1.165, 1.54) is 0 Å². The molecule has 0 bridgehead atoms. The first-order valence-electron chi connectivity index (χ1n) is 6.68. The van der Waals surface area contributed by atoms with Gasteiger partial charge in [0.05, 0.1) is 12.1 Å². The summed E-state index contributed by atoms with van der Waals surface area (Å²) in [6.07, 6.45) is 0.528. The van der Waals surface area contributed by atoms with Gasteiger partial charge in [-0.3, -0.25) is 4.79 Å². The second-order valence-corrected chi connectivity index (χ2v) is 6.56. The van der Waals surface area contributed by atoms with Crippen molar-refractivity contribution < 1.29 is 4.79 Å². The van der Waals surface area contributed by atoms with Gasteiger partial charge in [-0.25, -0.2) is 4.98 Å². The van der Waals surface area contributed by atoms with Crippen molar-refractivity contribution in [2.45, 2.75) is 13.3 Å². The van der Waals surface area contributed by atoms with Crippen LogP contribution in [-0.2, 0) is 11.2 Å². The lowest BCUT2D eigenvalue weighted by Crippen LogP contribution is -2.49. The molecule has 0 N–H and O–H groups in total. The van der Waals surface area contributed by atoms with E-state index in [2.05, 4.69) is 15.3 Å². The zero-order chi connectivity index (χ0) is 13.9. The van der Waals surface area contributed by atoms with Crippen LogP contribution >= 0.6 is 22.7 Å². The van der Waals surface area contributed by atoms with E-state index in [1.54, 1.807) is 22.7 Å². The molecule has 0 radical (unpaired) electrons. The molecule has 0 aromatic carbocycles. The largest absolute Gasteiger partial charge is 0.345 e. The molecule has 6 heteroatoms. The fourth-order valence-electron chi connectivity index (χ4n) is 2.31. The van der Waals surface area contributed by atoms with E-state index in [9.17, 15) is 4.79 Å². The third kappa shape index (κ3) is 3.02. The number of piperazine rings is 1. The van der Waals surface area contributed by atoms with E-state index in [0.29, 0.717) is 6.42 Å². The third-order valence-corrected chi connectivity index (χ3v) is 5.20. The first-order chi connectivity index (χ1) is 9.72. The number of thiazole rings is 1. The van der Waals surface area contributed by atoms with Gasteiger partial charge in [0, 0.05) is 31.6 Å². The van der Waals surface area contributed by atoms with E-state index in [-0.39, 0.29) is 5.91 Å². The van der Waals surface area contributed by atoms with Gasteiger partial charge in [0.15, 0.2) is 5.13 Å². The van der Waals surface area contributed by atoms with Gasteiger partial charge in [-0.1, -0.05) is 0 Å². The number of rotatable bonds is 3. The summed E-state index contributed by atoms with van der Waals surface area (Å²) in [6, 6.07) is 2.02. The fraction of sp³-hybridized carbons (Fsp3) is 0.429.